The SMILES string of the molecule is CCC(CC)C(=O)NCCCC[C@H](NC(=O)C(CC)CC)C(=O)NC. The van der Waals surface area contributed by atoms with Crippen LogP contribution in [0.4, 0.5) is 0 Å². The normalized spacial score (nSPS) is 12.1. The number of hydrogen-bond donors (Lipinski definition) is 3. The van der Waals surface area contributed by atoms with Crippen LogP contribution in [0.25, 0.3) is 0 Å². The van der Waals surface area contributed by atoms with Crippen molar-refractivity contribution in [2.45, 2.75) is 78.7 Å². The molecule has 0 unspecified atom stereocenters. The Morgan fingerprint density at radius 3 is 1.76 bits per heavy atom. The molecule has 3 amide bonds. The molecule has 0 aromatic carbocycles. The van der Waals surface area contributed by atoms with Gasteiger partial charge in [-0.1, -0.05) is 27.7 Å². The monoisotopic (exact) mass is 355 g/mol. The van der Waals surface area contributed by atoms with Crippen LogP contribution in [0.3, 0.4) is 0 Å². The molecule has 0 radical (unpaired) electrons. The number of unbranched alkanes of at least 4 members (excludes halogenated alkanes) is 1. The summed E-state index contributed by atoms with van der Waals surface area (Å²) in [6.07, 6.45) is 5.37. The summed E-state index contributed by atoms with van der Waals surface area (Å²) in [7, 11) is 1.58. The van der Waals surface area contributed by atoms with Gasteiger partial charge in [0.15, 0.2) is 0 Å². The third-order valence-electron chi connectivity index (χ3n) is 4.81. The topological polar surface area (TPSA) is 87.3 Å². The quantitative estimate of drug-likeness (QED) is 0.443. The molecule has 0 aromatic rings. The first-order valence-electron chi connectivity index (χ1n) is 9.74. The Morgan fingerprint density at radius 2 is 1.28 bits per heavy atom. The minimum atomic E-state index is -0.507. The van der Waals surface area contributed by atoms with Crippen LogP contribution in [0, 0.1) is 11.8 Å². The van der Waals surface area contributed by atoms with E-state index in [4.69, 9.17) is 0 Å². The molecule has 1 atom stereocenters. The number of carbonyl (C=O) groups excluding carboxylic acids is 3. The molecule has 0 aliphatic rings. The summed E-state index contributed by atoms with van der Waals surface area (Å²) in [6, 6.07) is -0.507. The molecule has 6 heteroatoms. The largest absolute Gasteiger partial charge is 0.357 e. The Morgan fingerprint density at radius 1 is 0.760 bits per heavy atom. The molecule has 0 rings (SSSR count). The van der Waals surface area contributed by atoms with Crippen LogP contribution in [-0.2, 0) is 14.4 Å². The fourth-order valence-electron chi connectivity index (χ4n) is 2.88. The number of rotatable bonds is 13. The highest BCUT2D eigenvalue weighted by Gasteiger charge is 2.22. The fourth-order valence-corrected chi connectivity index (χ4v) is 2.88. The molecule has 0 saturated carbocycles. The molecule has 0 heterocycles. The Labute approximate surface area is 152 Å². The smallest absolute Gasteiger partial charge is 0.242 e. The highest BCUT2D eigenvalue weighted by molar-refractivity contribution is 5.88. The van der Waals surface area contributed by atoms with E-state index in [2.05, 4.69) is 16.0 Å². The summed E-state index contributed by atoms with van der Waals surface area (Å²) in [5.41, 5.74) is 0. The number of likely N-dealkylation sites (N-methyl/N-ethyl adjacent to an activating group) is 1. The second kappa shape index (κ2) is 13.7. The van der Waals surface area contributed by atoms with Gasteiger partial charge < -0.3 is 16.0 Å². The summed E-state index contributed by atoms with van der Waals surface area (Å²) >= 11 is 0. The lowest BCUT2D eigenvalue weighted by Crippen LogP contribution is -2.47. The van der Waals surface area contributed by atoms with Gasteiger partial charge in [0.2, 0.25) is 17.7 Å². The first-order valence-corrected chi connectivity index (χ1v) is 9.74. The lowest BCUT2D eigenvalue weighted by Gasteiger charge is -2.20. The Kier molecular flexibility index (Phi) is 12.8. The number of amides is 3. The van der Waals surface area contributed by atoms with Crippen molar-refractivity contribution in [1.29, 1.82) is 0 Å². The fraction of sp³-hybridized carbons (Fsp3) is 0.842. The molecule has 0 spiro atoms. The van der Waals surface area contributed by atoms with Crippen molar-refractivity contribution in [2.75, 3.05) is 13.6 Å². The Balaban J connectivity index is 4.31. The van der Waals surface area contributed by atoms with Crippen molar-refractivity contribution in [3.05, 3.63) is 0 Å². The molecule has 0 fully saturated rings. The lowest BCUT2D eigenvalue weighted by molar-refractivity contribution is -0.131. The van der Waals surface area contributed by atoms with Crippen LogP contribution >= 0.6 is 0 Å². The van der Waals surface area contributed by atoms with E-state index in [1.165, 1.54) is 0 Å². The van der Waals surface area contributed by atoms with Crippen LogP contribution in [-0.4, -0.2) is 37.4 Å². The molecular formula is C19H37N3O3. The van der Waals surface area contributed by atoms with Crippen LogP contribution in [0.5, 0.6) is 0 Å². The van der Waals surface area contributed by atoms with E-state index < -0.39 is 6.04 Å². The summed E-state index contributed by atoms with van der Waals surface area (Å²) in [6.45, 7) is 8.60. The van der Waals surface area contributed by atoms with E-state index in [1.807, 2.05) is 27.7 Å². The molecule has 6 nitrogen and oxygen atoms in total. The third kappa shape index (κ3) is 8.89. The lowest BCUT2D eigenvalue weighted by atomic mass is 10.0. The van der Waals surface area contributed by atoms with Crippen molar-refractivity contribution >= 4 is 17.7 Å². The van der Waals surface area contributed by atoms with Crippen molar-refractivity contribution in [1.82, 2.24) is 16.0 Å². The van der Waals surface area contributed by atoms with Crippen molar-refractivity contribution in [3.63, 3.8) is 0 Å². The van der Waals surface area contributed by atoms with Gasteiger partial charge in [-0.2, -0.15) is 0 Å². The van der Waals surface area contributed by atoms with Gasteiger partial charge >= 0.3 is 0 Å². The van der Waals surface area contributed by atoms with Gasteiger partial charge in [-0.25, -0.2) is 0 Å². The molecule has 146 valence electrons. The maximum atomic E-state index is 12.2. The molecule has 0 aliphatic carbocycles. The number of carbonyl (C=O) groups is 3. The van der Waals surface area contributed by atoms with E-state index in [0.717, 1.165) is 38.5 Å². The zero-order valence-electron chi connectivity index (χ0n) is 16.6. The maximum Gasteiger partial charge on any atom is 0.242 e. The first kappa shape index (κ1) is 23.4. The van der Waals surface area contributed by atoms with E-state index in [-0.39, 0.29) is 29.6 Å². The molecule has 0 bridgehead atoms. The molecule has 0 saturated heterocycles. The van der Waals surface area contributed by atoms with Gasteiger partial charge in [-0.05, 0) is 44.9 Å². The Bertz CT molecular complexity index is 405. The minimum absolute atomic E-state index is 0.0496. The van der Waals surface area contributed by atoms with Gasteiger partial charge in [0.25, 0.3) is 0 Å². The predicted molar refractivity (Wildman–Crippen MR) is 101 cm³/mol. The van der Waals surface area contributed by atoms with E-state index in [0.29, 0.717) is 13.0 Å². The van der Waals surface area contributed by atoms with Crippen LogP contribution < -0.4 is 16.0 Å². The maximum absolute atomic E-state index is 12.2. The highest BCUT2D eigenvalue weighted by atomic mass is 16.2. The second-order valence-electron chi connectivity index (χ2n) is 6.49. The first-order chi connectivity index (χ1) is 11.9. The molecule has 3 N–H and O–H groups in total. The third-order valence-corrected chi connectivity index (χ3v) is 4.81. The highest BCUT2D eigenvalue weighted by Crippen LogP contribution is 2.10. The zero-order valence-corrected chi connectivity index (χ0v) is 16.6. The summed E-state index contributed by atoms with van der Waals surface area (Å²) in [5.74, 6) is -0.0831. The number of nitrogens with one attached hydrogen (secondary N) is 3. The van der Waals surface area contributed by atoms with Gasteiger partial charge in [-0.3, -0.25) is 14.4 Å². The van der Waals surface area contributed by atoms with Crippen molar-refractivity contribution in [2.24, 2.45) is 11.8 Å². The molecule has 25 heavy (non-hydrogen) atoms. The van der Waals surface area contributed by atoms with E-state index in [1.54, 1.807) is 7.05 Å². The standard InChI is InChI=1S/C19H37N3O3/c1-6-14(7-2)17(23)21-13-11-10-12-16(19(25)20-5)22-18(24)15(8-3)9-4/h14-16H,6-13H2,1-5H3,(H,20,25)(H,21,23)(H,22,24)/t16-/m0/s1. The minimum Gasteiger partial charge on any atom is -0.357 e. The van der Waals surface area contributed by atoms with Gasteiger partial charge in [0.05, 0.1) is 0 Å². The average Bonchev–Trinajstić information content (AvgIpc) is 2.61. The van der Waals surface area contributed by atoms with E-state index in [9.17, 15) is 14.4 Å². The zero-order chi connectivity index (χ0) is 19.2. The van der Waals surface area contributed by atoms with Crippen molar-refractivity contribution in [3.8, 4) is 0 Å². The van der Waals surface area contributed by atoms with Crippen LogP contribution in [0.15, 0.2) is 0 Å². The van der Waals surface area contributed by atoms with Gasteiger partial charge in [0, 0.05) is 25.4 Å². The van der Waals surface area contributed by atoms with E-state index >= 15 is 0 Å². The van der Waals surface area contributed by atoms with Crippen LogP contribution in [0.2, 0.25) is 0 Å². The second-order valence-corrected chi connectivity index (χ2v) is 6.49. The summed E-state index contributed by atoms with van der Waals surface area (Å²) in [5, 5.41) is 8.43. The molecule has 0 aliphatic heterocycles. The summed E-state index contributed by atoms with van der Waals surface area (Å²) < 4.78 is 0. The Hall–Kier alpha value is -1.59. The summed E-state index contributed by atoms with van der Waals surface area (Å²) in [4.78, 5) is 36.1. The van der Waals surface area contributed by atoms with Gasteiger partial charge in [0.1, 0.15) is 6.04 Å². The molecular weight excluding hydrogens is 318 g/mol. The van der Waals surface area contributed by atoms with Gasteiger partial charge in [-0.15, -0.1) is 0 Å². The van der Waals surface area contributed by atoms with Crippen molar-refractivity contribution < 1.29 is 14.4 Å². The average molecular weight is 356 g/mol. The van der Waals surface area contributed by atoms with Crippen LogP contribution in [0.1, 0.15) is 72.6 Å². The molecule has 0 aromatic heterocycles. The predicted octanol–water partition coefficient (Wildman–Crippen LogP) is 2.38. The number of hydrogen-bond acceptors (Lipinski definition) is 3.